The van der Waals surface area contributed by atoms with Crippen molar-refractivity contribution in [3.63, 3.8) is 0 Å². The molecule has 48 valence electrons. The normalized spacial score (nSPS) is 10.1. The van der Waals surface area contributed by atoms with Crippen molar-refractivity contribution in [1.29, 1.82) is 0 Å². The molecular weight excluding hydrogens is 119 g/mol. The summed E-state index contributed by atoms with van der Waals surface area (Å²) in [5.74, 6) is 0. The van der Waals surface area contributed by atoms with E-state index in [0.717, 1.165) is 12.6 Å². The van der Waals surface area contributed by atoms with Gasteiger partial charge in [0.2, 0.25) is 0 Å². The van der Waals surface area contributed by atoms with Gasteiger partial charge in [0.05, 0.1) is 0 Å². The van der Waals surface area contributed by atoms with Gasteiger partial charge in [0, 0.05) is 6.16 Å². The molecule has 0 heterocycles. The summed E-state index contributed by atoms with van der Waals surface area (Å²) >= 11 is 0. The smallest absolute Gasteiger partial charge is 0.155 e. The van der Waals surface area contributed by atoms with Crippen LogP contribution in [0.15, 0.2) is 0 Å². The average molecular weight is 132 g/mol. The highest BCUT2D eigenvalue weighted by molar-refractivity contribution is 7.23. The number of hydrogen-bond acceptors (Lipinski definition) is 1. The second-order valence-corrected chi connectivity index (χ2v) is 2.62. The predicted molar refractivity (Wildman–Crippen MR) is 36.6 cm³/mol. The Morgan fingerprint density at radius 1 is 1.25 bits per heavy atom. The van der Waals surface area contributed by atoms with E-state index in [1.54, 1.807) is 0 Å². The molecule has 2 heteroatoms. The summed E-state index contributed by atoms with van der Waals surface area (Å²) in [6, 6.07) is 0. The van der Waals surface area contributed by atoms with E-state index in [9.17, 15) is 4.57 Å². The van der Waals surface area contributed by atoms with Crippen molar-refractivity contribution in [2.75, 3.05) is 6.16 Å². The minimum absolute atomic E-state index is 0.311. The van der Waals surface area contributed by atoms with Gasteiger partial charge in [-0.05, 0) is 6.42 Å². The van der Waals surface area contributed by atoms with Crippen LogP contribution in [-0.2, 0) is 4.57 Å². The summed E-state index contributed by atoms with van der Waals surface area (Å²) < 4.78 is 9.87. The van der Waals surface area contributed by atoms with E-state index in [-0.39, 0.29) is 0 Å². The van der Waals surface area contributed by atoms with Crippen molar-refractivity contribution in [2.24, 2.45) is 0 Å². The first kappa shape index (κ1) is 8.10. The summed E-state index contributed by atoms with van der Waals surface area (Å²) in [7, 11) is 0.311. The molecule has 0 unspecified atom stereocenters. The van der Waals surface area contributed by atoms with Crippen molar-refractivity contribution in [3.05, 3.63) is 0 Å². The second kappa shape index (κ2) is 7.10. The molecule has 0 aliphatic rings. The molecule has 0 fully saturated rings. The monoisotopic (exact) mass is 132 g/mol. The highest BCUT2D eigenvalue weighted by Crippen LogP contribution is 2.03. The topological polar surface area (TPSA) is 17.1 Å². The zero-order valence-electron chi connectivity index (χ0n) is 5.39. The van der Waals surface area contributed by atoms with Gasteiger partial charge in [-0.1, -0.05) is 26.2 Å². The Balaban J connectivity index is 2.62. The zero-order valence-corrected chi connectivity index (χ0v) is 6.29. The lowest BCUT2D eigenvalue weighted by atomic mass is 10.2. The lowest BCUT2D eigenvalue weighted by Crippen LogP contribution is -1.74. The highest BCUT2D eigenvalue weighted by atomic mass is 31.1. The van der Waals surface area contributed by atoms with Crippen molar-refractivity contribution in [1.82, 2.24) is 0 Å². The van der Waals surface area contributed by atoms with Gasteiger partial charge < -0.3 is 0 Å². The first-order valence-electron chi connectivity index (χ1n) is 3.21. The number of unbranched alkanes of at least 4 members (excludes halogenated alkanes) is 3. The van der Waals surface area contributed by atoms with Crippen LogP contribution < -0.4 is 0 Å². The fourth-order valence-electron chi connectivity index (χ4n) is 0.603. The van der Waals surface area contributed by atoms with E-state index in [1.165, 1.54) is 19.3 Å². The molecule has 0 aromatic heterocycles. The van der Waals surface area contributed by atoms with Crippen molar-refractivity contribution in [3.8, 4) is 0 Å². The standard InChI is InChI=1S/C6H13OP/c1-2-3-4-5-6-8-7/h2-6H2,1H3. The Morgan fingerprint density at radius 3 is 2.50 bits per heavy atom. The molecule has 0 radical (unpaired) electrons. The van der Waals surface area contributed by atoms with Crippen LogP contribution in [0.2, 0.25) is 0 Å². The fourth-order valence-corrected chi connectivity index (χ4v) is 0.956. The van der Waals surface area contributed by atoms with Gasteiger partial charge >= 0.3 is 0 Å². The van der Waals surface area contributed by atoms with Crippen LogP contribution in [0.25, 0.3) is 0 Å². The third-order valence-corrected chi connectivity index (χ3v) is 1.60. The summed E-state index contributed by atoms with van der Waals surface area (Å²) in [6.45, 7) is 2.18. The molecular formula is C6H13OP. The minimum atomic E-state index is 0.311. The molecule has 0 N–H and O–H groups in total. The van der Waals surface area contributed by atoms with Gasteiger partial charge in [0.15, 0.2) is 8.46 Å². The Bertz CT molecular complexity index is 54.5. The van der Waals surface area contributed by atoms with Gasteiger partial charge in [-0.2, -0.15) is 0 Å². The molecule has 0 rings (SSSR count). The second-order valence-electron chi connectivity index (χ2n) is 1.91. The number of rotatable bonds is 5. The Kier molecular flexibility index (Phi) is 7.19. The lowest BCUT2D eigenvalue weighted by Gasteiger charge is -1.89. The molecule has 8 heavy (non-hydrogen) atoms. The Morgan fingerprint density at radius 2 is 2.00 bits per heavy atom. The quantitative estimate of drug-likeness (QED) is 0.415. The maximum Gasteiger partial charge on any atom is 0.155 e. The molecule has 1 nitrogen and oxygen atoms in total. The maximum absolute atomic E-state index is 9.87. The van der Waals surface area contributed by atoms with E-state index in [4.69, 9.17) is 0 Å². The predicted octanol–water partition coefficient (Wildman–Crippen LogP) is 2.86. The van der Waals surface area contributed by atoms with E-state index >= 15 is 0 Å². The summed E-state index contributed by atoms with van der Waals surface area (Å²) in [5, 5.41) is 0. The van der Waals surface area contributed by atoms with Crippen LogP contribution >= 0.6 is 8.46 Å². The molecule has 0 aromatic rings. The van der Waals surface area contributed by atoms with E-state index in [1.807, 2.05) is 0 Å². The lowest BCUT2D eigenvalue weighted by molar-refractivity contribution is 0.595. The molecule has 0 saturated carbocycles. The zero-order chi connectivity index (χ0) is 6.24. The molecule has 0 amide bonds. The fraction of sp³-hybridized carbons (Fsp3) is 1.00. The van der Waals surface area contributed by atoms with Crippen molar-refractivity contribution in [2.45, 2.75) is 32.6 Å². The third kappa shape index (κ3) is 6.10. The van der Waals surface area contributed by atoms with Crippen LogP contribution in [-0.4, -0.2) is 6.16 Å². The minimum Gasteiger partial charge on any atom is -0.275 e. The third-order valence-electron chi connectivity index (χ3n) is 1.10. The molecule has 0 spiro atoms. The number of hydrogen-bond donors (Lipinski definition) is 0. The van der Waals surface area contributed by atoms with Gasteiger partial charge in [0.1, 0.15) is 0 Å². The SMILES string of the molecule is CCCCCCP=O. The first-order chi connectivity index (χ1) is 3.91. The van der Waals surface area contributed by atoms with Crippen LogP contribution in [0.5, 0.6) is 0 Å². The summed E-state index contributed by atoms with van der Waals surface area (Å²) in [6.07, 6.45) is 5.76. The molecule has 0 aliphatic carbocycles. The largest absolute Gasteiger partial charge is 0.275 e. The van der Waals surface area contributed by atoms with Crippen LogP contribution in [0.3, 0.4) is 0 Å². The van der Waals surface area contributed by atoms with Crippen LogP contribution in [0.1, 0.15) is 32.6 Å². The van der Waals surface area contributed by atoms with E-state index in [0.29, 0.717) is 8.46 Å². The van der Waals surface area contributed by atoms with Crippen molar-refractivity contribution >= 4 is 8.46 Å². The van der Waals surface area contributed by atoms with Gasteiger partial charge in [-0.25, -0.2) is 0 Å². The highest BCUT2D eigenvalue weighted by Gasteiger charge is 1.84. The Hall–Kier alpha value is 0.100. The van der Waals surface area contributed by atoms with E-state index < -0.39 is 0 Å². The first-order valence-corrected chi connectivity index (χ1v) is 4.20. The Labute approximate surface area is 52.7 Å². The van der Waals surface area contributed by atoms with Crippen LogP contribution in [0, 0.1) is 0 Å². The van der Waals surface area contributed by atoms with E-state index in [2.05, 4.69) is 6.92 Å². The van der Waals surface area contributed by atoms with Gasteiger partial charge in [0.25, 0.3) is 0 Å². The van der Waals surface area contributed by atoms with Crippen molar-refractivity contribution < 1.29 is 4.57 Å². The molecule has 0 atom stereocenters. The summed E-state index contributed by atoms with van der Waals surface area (Å²) in [5.41, 5.74) is 0. The molecule has 0 saturated heterocycles. The van der Waals surface area contributed by atoms with Gasteiger partial charge in [-0.3, -0.25) is 4.57 Å². The summed E-state index contributed by atoms with van der Waals surface area (Å²) in [4.78, 5) is 0. The molecule has 0 aliphatic heterocycles. The van der Waals surface area contributed by atoms with Crippen LogP contribution in [0.4, 0.5) is 0 Å². The average Bonchev–Trinajstić information content (AvgIpc) is 1.81. The molecule has 0 aromatic carbocycles. The maximum atomic E-state index is 9.87. The molecule has 0 bridgehead atoms. The van der Waals surface area contributed by atoms with Gasteiger partial charge in [-0.15, -0.1) is 0 Å².